The highest BCUT2D eigenvalue weighted by atomic mass is 16.5. The van der Waals surface area contributed by atoms with E-state index in [1.165, 1.54) is 11.1 Å². The molecule has 0 spiro atoms. The van der Waals surface area contributed by atoms with Crippen molar-refractivity contribution >= 4 is 5.91 Å². The highest BCUT2D eigenvalue weighted by Gasteiger charge is 2.15. The van der Waals surface area contributed by atoms with Crippen molar-refractivity contribution in [3.63, 3.8) is 0 Å². The largest absolute Gasteiger partial charge is 0.379 e. The van der Waals surface area contributed by atoms with Crippen molar-refractivity contribution in [3.05, 3.63) is 102 Å². The van der Waals surface area contributed by atoms with Crippen LogP contribution < -0.4 is 5.32 Å². The van der Waals surface area contributed by atoms with Gasteiger partial charge >= 0.3 is 0 Å². The van der Waals surface area contributed by atoms with Crippen LogP contribution in [0.3, 0.4) is 0 Å². The summed E-state index contributed by atoms with van der Waals surface area (Å²) >= 11 is 0. The molecule has 0 unspecified atom stereocenters. The normalized spacial score (nSPS) is 13.8. The van der Waals surface area contributed by atoms with Gasteiger partial charge < -0.3 is 10.1 Å². The Hall–Kier alpha value is -4.60. The third-order valence-corrected chi connectivity index (χ3v) is 7.60. The lowest BCUT2D eigenvalue weighted by atomic mass is 10.0. The molecule has 42 heavy (non-hydrogen) atoms. The number of morpholine rings is 1. The highest BCUT2D eigenvalue weighted by Crippen LogP contribution is 2.28. The fourth-order valence-corrected chi connectivity index (χ4v) is 5.13. The number of aromatic nitrogens is 5. The fraction of sp³-hybridized carbons (Fsp3) is 0.273. The summed E-state index contributed by atoms with van der Waals surface area (Å²) in [7, 11) is 1.66. The first-order valence-corrected chi connectivity index (χ1v) is 14.3. The number of nitrogens with zero attached hydrogens (tertiary/aromatic N) is 6. The number of hydrogen-bond acceptors (Lipinski definition) is 6. The van der Waals surface area contributed by atoms with Crippen molar-refractivity contribution in [2.24, 2.45) is 0 Å². The van der Waals surface area contributed by atoms with Crippen LogP contribution in [-0.2, 0) is 22.5 Å². The van der Waals surface area contributed by atoms with E-state index in [9.17, 15) is 4.79 Å². The van der Waals surface area contributed by atoms with Crippen LogP contribution in [0.2, 0.25) is 0 Å². The summed E-state index contributed by atoms with van der Waals surface area (Å²) in [4.78, 5) is 14.3. The molecule has 1 aliphatic rings. The van der Waals surface area contributed by atoms with E-state index in [1.54, 1.807) is 7.05 Å². The van der Waals surface area contributed by atoms with E-state index in [0.29, 0.717) is 12.8 Å². The molecule has 0 radical (unpaired) electrons. The Morgan fingerprint density at radius 2 is 1.50 bits per heavy atom. The van der Waals surface area contributed by atoms with E-state index in [4.69, 9.17) is 9.84 Å². The second-order valence-corrected chi connectivity index (χ2v) is 10.6. The first-order valence-electron chi connectivity index (χ1n) is 14.3. The Balaban J connectivity index is 1.26. The molecule has 0 atom stereocenters. The smallest absolute Gasteiger partial charge is 0.220 e. The predicted octanol–water partition coefficient (Wildman–Crippen LogP) is 4.61. The minimum Gasteiger partial charge on any atom is -0.379 e. The average molecular weight is 562 g/mol. The van der Waals surface area contributed by atoms with E-state index in [-0.39, 0.29) is 5.91 Å². The Morgan fingerprint density at radius 3 is 2.19 bits per heavy atom. The molecular formula is C33H35N7O2. The van der Waals surface area contributed by atoms with Gasteiger partial charge in [0.25, 0.3) is 0 Å². The van der Waals surface area contributed by atoms with Gasteiger partial charge in [-0.05, 0) is 48.4 Å². The zero-order valence-electron chi connectivity index (χ0n) is 24.0. The Labute approximate surface area is 245 Å². The van der Waals surface area contributed by atoms with Crippen LogP contribution in [0.25, 0.3) is 33.8 Å². The Bertz CT molecular complexity index is 1630. The highest BCUT2D eigenvalue weighted by molar-refractivity contribution is 5.76. The number of carbonyl (C=O) groups excluding carboxylic acids is 1. The van der Waals surface area contributed by atoms with Crippen LogP contribution in [0, 0.1) is 6.92 Å². The number of benzene rings is 3. The van der Waals surface area contributed by atoms with Crippen LogP contribution in [0.5, 0.6) is 0 Å². The van der Waals surface area contributed by atoms with Crippen LogP contribution in [-0.4, -0.2) is 68.9 Å². The van der Waals surface area contributed by atoms with E-state index >= 15 is 0 Å². The van der Waals surface area contributed by atoms with Gasteiger partial charge in [-0.1, -0.05) is 59.3 Å². The maximum atomic E-state index is 11.9. The molecule has 1 fully saturated rings. The number of ether oxygens (including phenoxy) is 1. The number of amides is 1. The molecule has 6 rings (SSSR count). The van der Waals surface area contributed by atoms with Crippen molar-refractivity contribution in [2.45, 2.75) is 26.3 Å². The van der Waals surface area contributed by atoms with Gasteiger partial charge in [0.2, 0.25) is 5.91 Å². The molecule has 0 bridgehead atoms. The summed E-state index contributed by atoms with van der Waals surface area (Å²) in [5, 5.41) is 16.3. The first-order chi connectivity index (χ1) is 20.6. The maximum absolute atomic E-state index is 11.9. The fourth-order valence-electron chi connectivity index (χ4n) is 5.13. The summed E-state index contributed by atoms with van der Waals surface area (Å²) in [6.45, 7) is 6.20. The third-order valence-electron chi connectivity index (χ3n) is 7.60. The standard InChI is InChI=1S/C33H35N7O2/c1-24-3-5-25(6-4-24)26-7-9-27(10-8-26)32-21-28(11-16-33(41)34-2)36-40(32)31-14-12-30(13-15-31)39-23-29(35-37-39)22-38-17-19-42-20-18-38/h3-10,12-15,21,23H,11,16-20,22H2,1-2H3,(H,34,41). The Kier molecular flexibility index (Phi) is 8.21. The zero-order chi connectivity index (χ0) is 28.9. The second kappa shape index (κ2) is 12.5. The molecule has 214 valence electrons. The molecule has 1 saturated heterocycles. The molecule has 0 saturated carbocycles. The second-order valence-electron chi connectivity index (χ2n) is 10.6. The van der Waals surface area contributed by atoms with Crippen LogP contribution >= 0.6 is 0 Å². The lowest BCUT2D eigenvalue weighted by molar-refractivity contribution is -0.120. The summed E-state index contributed by atoms with van der Waals surface area (Å²) in [6.07, 6.45) is 2.93. The first kappa shape index (κ1) is 27.6. The summed E-state index contributed by atoms with van der Waals surface area (Å²) in [6, 6.07) is 27.3. The van der Waals surface area contributed by atoms with Crippen molar-refractivity contribution in [2.75, 3.05) is 33.4 Å². The Morgan fingerprint density at radius 1 is 0.857 bits per heavy atom. The van der Waals surface area contributed by atoms with Gasteiger partial charge in [0.1, 0.15) is 0 Å². The van der Waals surface area contributed by atoms with Gasteiger partial charge in [0.05, 0.1) is 47.9 Å². The van der Waals surface area contributed by atoms with Gasteiger partial charge in [0.15, 0.2) is 0 Å². The molecule has 3 heterocycles. The quantitative estimate of drug-likeness (QED) is 0.283. The summed E-state index contributed by atoms with van der Waals surface area (Å²) < 4.78 is 9.21. The molecule has 2 aromatic heterocycles. The maximum Gasteiger partial charge on any atom is 0.220 e. The van der Waals surface area contributed by atoms with E-state index in [2.05, 4.69) is 82.0 Å². The minimum atomic E-state index is -0.00118. The topological polar surface area (TPSA) is 90.1 Å². The van der Waals surface area contributed by atoms with Gasteiger partial charge in [0, 0.05) is 45.1 Å². The monoisotopic (exact) mass is 561 g/mol. The zero-order valence-corrected chi connectivity index (χ0v) is 24.0. The average Bonchev–Trinajstić information content (AvgIpc) is 3.68. The van der Waals surface area contributed by atoms with Crippen molar-refractivity contribution in [1.82, 2.24) is 35.0 Å². The van der Waals surface area contributed by atoms with Crippen LogP contribution in [0.4, 0.5) is 0 Å². The summed E-state index contributed by atoms with van der Waals surface area (Å²) in [5.41, 5.74) is 9.27. The van der Waals surface area contributed by atoms with Gasteiger partial charge in [-0.25, -0.2) is 9.36 Å². The molecule has 0 aliphatic carbocycles. The molecule has 3 aromatic carbocycles. The molecule has 1 amide bonds. The van der Waals surface area contributed by atoms with Gasteiger partial charge in [-0.2, -0.15) is 5.10 Å². The number of aryl methyl sites for hydroxylation is 2. The SMILES string of the molecule is CNC(=O)CCc1cc(-c2ccc(-c3ccc(C)cc3)cc2)n(-c2ccc(-n3cc(CN4CCOCC4)nn3)cc2)n1. The van der Waals surface area contributed by atoms with Crippen molar-refractivity contribution in [1.29, 1.82) is 0 Å². The third kappa shape index (κ3) is 6.32. The van der Waals surface area contributed by atoms with Gasteiger partial charge in [-0.15, -0.1) is 5.10 Å². The molecule has 1 aliphatic heterocycles. The number of carbonyl (C=O) groups is 1. The van der Waals surface area contributed by atoms with E-state index in [0.717, 1.165) is 72.4 Å². The van der Waals surface area contributed by atoms with E-state index < -0.39 is 0 Å². The number of rotatable bonds is 9. The van der Waals surface area contributed by atoms with Crippen LogP contribution in [0.15, 0.2) is 85.1 Å². The lowest BCUT2D eigenvalue weighted by Gasteiger charge is -2.25. The molecule has 1 N–H and O–H groups in total. The lowest BCUT2D eigenvalue weighted by Crippen LogP contribution is -2.35. The van der Waals surface area contributed by atoms with Crippen molar-refractivity contribution < 1.29 is 9.53 Å². The van der Waals surface area contributed by atoms with E-state index in [1.807, 2.05) is 39.8 Å². The number of hydrogen-bond donors (Lipinski definition) is 1. The molecule has 9 nitrogen and oxygen atoms in total. The van der Waals surface area contributed by atoms with Gasteiger partial charge in [-0.3, -0.25) is 9.69 Å². The predicted molar refractivity (Wildman–Crippen MR) is 163 cm³/mol. The number of nitrogens with one attached hydrogen (secondary N) is 1. The molecular weight excluding hydrogens is 526 g/mol. The van der Waals surface area contributed by atoms with Crippen molar-refractivity contribution in [3.8, 4) is 33.8 Å². The summed E-state index contributed by atoms with van der Waals surface area (Å²) in [5.74, 6) is -0.00118. The molecule has 9 heteroatoms. The minimum absolute atomic E-state index is 0.00118. The van der Waals surface area contributed by atoms with Crippen LogP contribution in [0.1, 0.15) is 23.4 Å². The molecule has 5 aromatic rings.